The molecule has 1 N–H and O–H groups in total. The molecule has 0 saturated heterocycles. The predicted molar refractivity (Wildman–Crippen MR) is 66.7 cm³/mol. The van der Waals surface area contributed by atoms with Crippen LogP contribution in [-0.4, -0.2) is 17.0 Å². The van der Waals surface area contributed by atoms with Gasteiger partial charge in [0.15, 0.2) is 0 Å². The van der Waals surface area contributed by atoms with E-state index in [0.29, 0.717) is 11.4 Å². The lowest BCUT2D eigenvalue weighted by atomic mass is 10.1. The Bertz CT molecular complexity index is 638. The third-order valence-electron chi connectivity index (χ3n) is 2.84. The van der Waals surface area contributed by atoms with Crippen LogP contribution in [0.15, 0.2) is 47.1 Å². The number of fused-ring (bicyclic) bond motifs is 1. The number of rotatable bonds is 2. The van der Waals surface area contributed by atoms with Gasteiger partial charge in [-0.05, 0) is 18.2 Å². The molecule has 7 heteroatoms. The lowest BCUT2D eigenvalue weighted by Crippen LogP contribution is -2.50. The molecule has 0 unspecified atom stereocenters. The first-order chi connectivity index (χ1) is 9.18. The lowest BCUT2D eigenvalue weighted by Gasteiger charge is -2.30. The molecule has 96 valence electrons. The fourth-order valence-electron chi connectivity index (χ4n) is 2.07. The summed E-state index contributed by atoms with van der Waals surface area (Å²) in [5.74, 6) is -0.441. The van der Waals surface area contributed by atoms with Crippen LogP contribution in [0.1, 0.15) is 0 Å². The number of anilines is 3. The molecule has 2 heterocycles. The smallest absolute Gasteiger partial charge is 0.372 e. The van der Waals surface area contributed by atoms with Crippen molar-refractivity contribution in [3.05, 3.63) is 52.8 Å². The quantitative estimate of drug-likeness (QED) is 0.658. The highest BCUT2D eigenvalue weighted by atomic mass is 16.6. The Morgan fingerprint density at radius 3 is 2.74 bits per heavy atom. The number of amides is 1. The highest BCUT2D eigenvalue weighted by molar-refractivity contribution is 6.04. The van der Waals surface area contributed by atoms with Gasteiger partial charge in [-0.15, -0.1) is 0 Å². The number of para-hydroxylation sites is 2. The summed E-state index contributed by atoms with van der Waals surface area (Å²) in [4.78, 5) is 23.6. The van der Waals surface area contributed by atoms with Gasteiger partial charge in [0.2, 0.25) is 5.88 Å². The number of hydrogen-bond acceptors (Lipinski definition) is 5. The maximum Gasteiger partial charge on any atom is 0.372 e. The molecule has 1 amide bonds. The summed E-state index contributed by atoms with van der Waals surface area (Å²) in [5, 5.41) is 13.7. The molecule has 0 radical (unpaired) electrons. The largest absolute Gasteiger partial charge is 0.448 e. The van der Waals surface area contributed by atoms with Crippen LogP contribution in [0.2, 0.25) is 0 Å². The minimum absolute atomic E-state index is 0.254. The lowest BCUT2D eigenvalue weighted by molar-refractivity contribution is -0.505. The first-order valence-corrected chi connectivity index (χ1v) is 5.54. The van der Waals surface area contributed by atoms with Crippen molar-refractivity contribution < 1.29 is 14.1 Å². The van der Waals surface area contributed by atoms with Gasteiger partial charge in [-0.2, -0.15) is 0 Å². The molecule has 0 saturated carbocycles. The standard InChI is InChI=1S/C12H9N3O4/c16-11-12(15(17)18)14(10-6-3-7-19-10)9-5-2-1-4-8(9)13-11/h1-7,12H,(H,13,16)/t12-/m1/s1. The second-order valence-electron chi connectivity index (χ2n) is 3.99. The average Bonchev–Trinajstić information content (AvgIpc) is 2.90. The minimum Gasteiger partial charge on any atom is -0.448 e. The normalized spacial score (nSPS) is 17.8. The van der Waals surface area contributed by atoms with Crippen molar-refractivity contribution in [3.63, 3.8) is 0 Å². The maximum atomic E-state index is 11.9. The monoisotopic (exact) mass is 259 g/mol. The van der Waals surface area contributed by atoms with Gasteiger partial charge in [0.05, 0.1) is 22.6 Å². The zero-order chi connectivity index (χ0) is 13.4. The zero-order valence-electron chi connectivity index (χ0n) is 9.65. The van der Waals surface area contributed by atoms with Gasteiger partial charge in [0.1, 0.15) is 0 Å². The van der Waals surface area contributed by atoms with Crippen LogP contribution in [0.4, 0.5) is 17.3 Å². The van der Waals surface area contributed by atoms with Gasteiger partial charge in [0, 0.05) is 6.07 Å². The fraction of sp³-hybridized carbons (Fsp3) is 0.0833. The van der Waals surface area contributed by atoms with Gasteiger partial charge >= 0.3 is 12.1 Å². The Balaban J connectivity index is 2.19. The summed E-state index contributed by atoms with van der Waals surface area (Å²) in [7, 11) is 0. The molecule has 7 nitrogen and oxygen atoms in total. The fourth-order valence-corrected chi connectivity index (χ4v) is 2.07. The molecule has 0 spiro atoms. The summed E-state index contributed by atoms with van der Waals surface area (Å²) < 4.78 is 5.20. The van der Waals surface area contributed by atoms with E-state index in [-0.39, 0.29) is 5.88 Å². The van der Waals surface area contributed by atoms with E-state index in [0.717, 1.165) is 0 Å². The number of nitrogens with zero attached hydrogens (tertiary/aromatic N) is 2. The summed E-state index contributed by atoms with van der Waals surface area (Å²) in [6, 6.07) is 10.0. The number of nitro groups is 1. The van der Waals surface area contributed by atoms with Crippen molar-refractivity contribution in [3.8, 4) is 0 Å². The molecule has 0 aliphatic carbocycles. The molecule has 0 fully saturated rings. The van der Waals surface area contributed by atoms with Crippen LogP contribution in [-0.2, 0) is 4.79 Å². The van der Waals surface area contributed by atoms with Crippen molar-refractivity contribution in [2.24, 2.45) is 0 Å². The van der Waals surface area contributed by atoms with Gasteiger partial charge in [0.25, 0.3) is 0 Å². The number of furan rings is 1. The Hall–Kier alpha value is -2.83. The Morgan fingerprint density at radius 2 is 2.05 bits per heavy atom. The van der Waals surface area contributed by atoms with Crippen molar-refractivity contribution in [1.82, 2.24) is 0 Å². The molecule has 3 rings (SSSR count). The molecule has 1 aromatic heterocycles. The van der Waals surface area contributed by atoms with Gasteiger partial charge in [-0.25, -0.2) is 4.90 Å². The molecular formula is C12H9N3O4. The number of hydrogen-bond donors (Lipinski definition) is 1. The van der Waals surface area contributed by atoms with Crippen molar-refractivity contribution in [2.45, 2.75) is 6.17 Å². The Morgan fingerprint density at radius 1 is 1.26 bits per heavy atom. The van der Waals surface area contributed by atoms with E-state index in [2.05, 4.69) is 5.32 Å². The van der Waals surface area contributed by atoms with E-state index in [9.17, 15) is 14.9 Å². The van der Waals surface area contributed by atoms with E-state index in [4.69, 9.17) is 4.42 Å². The Labute approximate surface area is 107 Å². The number of carbonyl (C=O) groups is 1. The van der Waals surface area contributed by atoms with Crippen LogP contribution >= 0.6 is 0 Å². The number of nitrogens with one attached hydrogen (secondary N) is 1. The summed E-state index contributed by atoms with van der Waals surface area (Å²) in [6.07, 6.45) is -0.136. The summed E-state index contributed by atoms with van der Waals surface area (Å²) in [5.41, 5.74) is 1.04. The van der Waals surface area contributed by atoms with Crippen LogP contribution in [0.5, 0.6) is 0 Å². The second kappa shape index (κ2) is 4.13. The van der Waals surface area contributed by atoms with Crippen LogP contribution in [0.3, 0.4) is 0 Å². The maximum absolute atomic E-state index is 11.9. The third kappa shape index (κ3) is 1.71. The highest BCUT2D eigenvalue weighted by Gasteiger charge is 2.43. The van der Waals surface area contributed by atoms with Crippen molar-refractivity contribution in [1.29, 1.82) is 0 Å². The van der Waals surface area contributed by atoms with Crippen molar-refractivity contribution in [2.75, 3.05) is 10.2 Å². The first kappa shape index (κ1) is 11.3. The molecule has 2 aromatic rings. The van der Waals surface area contributed by atoms with E-state index >= 15 is 0 Å². The van der Waals surface area contributed by atoms with Gasteiger partial charge in [-0.1, -0.05) is 12.1 Å². The molecule has 1 aromatic carbocycles. The van der Waals surface area contributed by atoms with Crippen molar-refractivity contribution >= 4 is 23.2 Å². The summed E-state index contributed by atoms with van der Waals surface area (Å²) >= 11 is 0. The van der Waals surface area contributed by atoms with E-state index < -0.39 is 17.0 Å². The number of carbonyl (C=O) groups excluding carboxylic acids is 1. The number of benzene rings is 1. The van der Waals surface area contributed by atoms with E-state index in [1.807, 2.05) is 0 Å². The first-order valence-electron chi connectivity index (χ1n) is 5.54. The molecule has 1 aliphatic heterocycles. The van der Waals surface area contributed by atoms with Gasteiger partial charge in [-0.3, -0.25) is 14.9 Å². The second-order valence-corrected chi connectivity index (χ2v) is 3.99. The third-order valence-corrected chi connectivity index (χ3v) is 2.84. The van der Waals surface area contributed by atoms with Crippen LogP contribution in [0.25, 0.3) is 0 Å². The summed E-state index contributed by atoms with van der Waals surface area (Å²) in [6.45, 7) is 0. The zero-order valence-corrected chi connectivity index (χ0v) is 9.65. The topological polar surface area (TPSA) is 88.6 Å². The molecule has 1 atom stereocenters. The van der Waals surface area contributed by atoms with E-state index in [1.165, 1.54) is 11.2 Å². The molecule has 0 bridgehead atoms. The van der Waals surface area contributed by atoms with E-state index in [1.54, 1.807) is 36.4 Å². The molecule has 1 aliphatic rings. The molecule has 19 heavy (non-hydrogen) atoms. The Kier molecular flexibility index (Phi) is 2.45. The average molecular weight is 259 g/mol. The van der Waals surface area contributed by atoms with Crippen LogP contribution in [0, 0.1) is 10.1 Å². The SMILES string of the molecule is O=C1Nc2ccccc2N(c2ccco2)[C@@H]1[N+](=O)[O-]. The van der Waals surface area contributed by atoms with Crippen LogP contribution < -0.4 is 10.2 Å². The minimum atomic E-state index is -1.54. The van der Waals surface area contributed by atoms with Gasteiger partial charge < -0.3 is 9.73 Å². The molecular weight excluding hydrogens is 250 g/mol. The predicted octanol–water partition coefficient (Wildman–Crippen LogP) is 1.97. The highest BCUT2D eigenvalue weighted by Crippen LogP contribution is 2.37.